The molecule has 0 spiro atoms. The molecule has 0 radical (unpaired) electrons. The number of likely N-dealkylation sites (tertiary alicyclic amines) is 1. The summed E-state index contributed by atoms with van der Waals surface area (Å²) >= 11 is 0. The highest BCUT2D eigenvalue weighted by Crippen LogP contribution is 2.34. The Morgan fingerprint density at radius 1 is 1.29 bits per heavy atom. The van der Waals surface area contributed by atoms with E-state index in [1.165, 1.54) is 5.56 Å². The van der Waals surface area contributed by atoms with Gasteiger partial charge in [0.1, 0.15) is 5.75 Å². The number of furan rings is 1. The van der Waals surface area contributed by atoms with Gasteiger partial charge in [-0.15, -0.1) is 0 Å². The van der Waals surface area contributed by atoms with Crippen LogP contribution in [0.1, 0.15) is 49.3 Å². The molecule has 3 atom stereocenters. The first-order chi connectivity index (χ1) is 16.5. The Morgan fingerprint density at radius 2 is 2.18 bits per heavy atom. The lowest BCUT2D eigenvalue weighted by atomic mass is 9.79. The van der Waals surface area contributed by atoms with Gasteiger partial charge in [-0.25, -0.2) is 0 Å². The van der Waals surface area contributed by atoms with Crippen molar-refractivity contribution in [3.63, 3.8) is 0 Å². The van der Waals surface area contributed by atoms with Crippen LogP contribution in [0.5, 0.6) is 5.75 Å². The summed E-state index contributed by atoms with van der Waals surface area (Å²) in [6, 6.07) is 9.54. The molecule has 4 rings (SSSR count). The number of pyridine rings is 1. The van der Waals surface area contributed by atoms with Gasteiger partial charge in [0.2, 0.25) is 0 Å². The Morgan fingerprint density at radius 3 is 2.94 bits per heavy atom. The van der Waals surface area contributed by atoms with Crippen molar-refractivity contribution in [3.05, 3.63) is 60.2 Å². The number of piperidine rings is 1. The summed E-state index contributed by atoms with van der Waals surface area (Å²) < 4.78 is 10.5. The van der Waals surface area contributed by atoms with E-state index in [4.69, 9.17) is 9.15 Å². The Kier molecular flexibility index (Phi) is 8.19. The van der Waals surface area contributed by atoms with Gasteiger partial charge in [-0.1, -0.05) is 0 Å². The lowest BCUT2D eigenvalue weighted by molar-refractivity contribution is -0.139. The molecule has 7 nitrogen and oxygen atoms in total. The largest absolute Gasteiger partial charge is 0.497 e. The highest BCUT2D eigenvalue weighted by atomic mass is 16.5. The third-order valence-electron chi connectivity index (χ3n) is 7.08. The number of nitrogens with zero attached hydrogens (tertiary/aromatic N) is 2. The Hall–Kier alpha value is -2.90. The van der Waals surface area contributed by atoms with Crippen LogP contribution in [0.15, 0.2) is 53.5 Å². The predicted molar refractivity (Wildman–Crippen MR) is 130 cm³/mol. The van der Waals surface area contributed by atoms with Gasteiger partial charge in [-0.2, -0.15) is 0 Å². The fraction of sp³-hybridized carbons (Fsp3) is 0.481. The molecule has 3 heterocycles. The zero-order chi connectivity index (χ0) is 23.9. The molecule has 1 saturated heterocycles. The SMILES string of the molecule is COc1ccc2nccc([C@@H](O)CC[C@@H]3CCN(CCCc4ccoc4)C[C@@H]3CC(=O)O)c2c1. The maximum absolute atomic E-state index is 11.6. The van der Waals surface area contributed by atoms with E-state index in [9.17, 15) is 15.0 Å². The van der Waals surface area contributed by atoms with E-state index in [-0.39, 0.29) is 12.3 Å². The van der Waals surface area contributed by atoms with Crippen molar-refractivity contribution in [2.24, 2.45) is 11.8 Å². The Balaban J connectivity index is 1.35. The lowest BCUT2D eigenvalue weighted by Crippen LogP contribution is -2.42. The highest BCUT2D eigenvalue weighted by Gasteiger charge is 2.31. The molecule has 0 saturated carbocycles. The first-order valence-corrected chi connectivity index (χ1v) is 12.1. The molecule has 182 valence electrons. The van der Waals surface area contributed by atoms with Crippen LogP contribution in [0.3, 0.4) is 0 Å². The molecule has 2 aromatic heterocycles. The van der Waals surface area contributed by atoms with Crippen molar-refractivity contribution in [1.29, 1.82) is 0 Å². The van der Waals surface area contributed by atoms with Crippen LogP contribution < -0.4 is 4.74 Å². The quantitative estimate of drug-likeness (QED) is 0.423. The maximum Gasteiger partial charge on any atom is 0.303 e. The van der Waals surface area contributed by atoms with Crippen molar-refractivity contribution < 1.29 is 24.2 Å². The van der Waals surface area contributed by atoms with Crippen LogP contribution >= 0.6 is 0 Å². The molecule has 7 heteroatoms. The second kappa shape index (κ2) is 11.5. The average molecular weight is 467 g/mol. The smallest absolute Gasteiger partial charge is 0.303 e. The van der Waals surface area contributed by atoms with E-state index in [2.05, 4.69) is 9.88 Å². The number of aromatic nitrogens is 1. The van der Waals surface area contributed by atoms with E-state index < -0.39 is 12.1 Å². The van der Waals surface area contributed by atoms with Crippen LogP contribution in [0.25, 0.3) is 10.9 Å². The first kappa shape index (κ1) is 24.2. The molecule has 3 aromatic rings. The molecule has 1 aliphatic rings. The summed E-state index contributed by atoms with van der Waals surface area (Å²) in [5.41, 5.74) is 2.87. The number of aryl methyl sites for hydroxylation is 1. The van der Waals surface area contributed by atoms with E-state index in [1.807, 2.05) is 30.3 Å². The van der Waals surface area contributed by atoms with Gasteiger partial charge < -0.3 is 24.3 Å². The fourth-order valence-electron chi connectivity index (χ4n) is 5.23. The number of carboxylic acid groups (broad SMARTS) is 1. The summed E-state index contributed by atoms with van der Waals surface area (Å²) in [6.07, 6.45) is 9.11. The minimum absolute atomic E-state index is 0.0988. The summed E-state index contributed by atoms with van der Waals surface area (Å²) in [5, 5.41) is 21.4. The van der Waals surface area contributed by atoms with Gasteiger partial charge in [0.25, 0.3) is 0 Å². The van der Waals surface area contributed by atoms with E-state index in [0.717, 1.165) is 67.5 Å². The Bertz CT molecular complexity index is 1070. The monoisotopic (exact) mass is 466 g/mol. The molecular formula is C27H34N2O5. The number of hydrogen-bond donors (Lipinski definition) is 2. The van der Waals surface area contributed by atoms with Gasteiger partial charge in [-0.05, 0) is 98.5 Å². The maximum atomic E-state index is 11.6. The van der Waals surface area contributed by atoms with Crippen LogP contribution in [0, 0.1) is 11.8 Å². The van der Waals surface area contributed by atoms with Crippen molar-refractivity contribution in [2.75, 3.05) is 26.7 Å². The van der Waals surface area contributed by atoms with Gasteiger partial charge in [0, 0.05) is 24.5 Å². The second-order valence-corrected chi connectivity index (χ2v) is 9.32. The summed E-state index contributed by atoms with van der Waals surface area (Å²) in [4.78, 5) is 18.4. The van der Waals surface area contributed by atoms with Gasteiger partial charge in [-0.3, -0.25) is 9.78 Å². The molecule has 1 aliphatic heterocycles. The zero-order valence-electron chi connectivity index (χ0n) is 19.7. The number of methoxy groups -OCH3 is 1. The van der Waals surface area contributed by atoms with Crippen molar-refractivity contribution >= 4 is 16.9 Å². The fourth-order valence-corrected chi connectivity index (χ4v) is 5.23. The minimum atomic E-state index is -0.747. The molecule has 1 aromatic carbocycles. The third-order valence-corrected chi connectivity index (χ3v) is 7.08. The number of aliphatic hydroxyl groups is 1. The number of ether oxygens (including phenoxy) is 1. The molecule has 0 aliphatic carbocycles. The van der Waals surface area contributed by atoms with Crippen LogP contribution in [0.4, 0.5) is 0 Å². The first-order valence-electron chi connectivity index (χ1n) is 12.1. The number of fused-ring (bicyclic) bond motifs is 1. The molecule has 0 bridgehead atoms. The number of carbonyl (C=O) groups is 1. The predicted octanol–water partition coefficient (Wildman–Crippen LogP) is 4.70. The molecule has 0 amide bonds. The van der Waals surface area contributed by atoms with Crippen LogP contribution in [-0.2, 0) is 11.2 Å². The standard InChI is InChI=1S/C27H34N2O5/c1-33-22-5-6-25-24(16-22)23(8-11-28-25)26(30)7-4-20-9-13-29(17-21(20)15-27(31)32)12-2-3-19-10-14-34-18-19/h5-6,8,10-11,14,16,18,20-21,26,30H,2-4,7,9,12-13,15,17H2,1H3,(H,31,32)/t20-,21+,26+/m1/s1. The number of aliphatic hydroxyl groups excluding tert-OH is 1. The summed E-state index contributed by atoms with van der Waals surface area (Å²) in [6.45, 7) is 2.73. The van der Waals surface area contributed by atoms with Crippen molar-refractivity contribution in [2.45, 2.75) is 44.6 Å². The Labute approximate surface area is 200 Å². The van der Waals surface area contributed by atoms with Crippen molar-refractivity contribution in [3.8, 4) is 5.75 Å². The number of carboxylic acids is 1. The van der Waals surface area contributed by atoms with Crippen molar-refractivity contribution in [1.82, 2.24) is 9.88 Å². The van der Waals surface area contributed by atoms with Crippen LogP contribution in [0.2, 0.25) is 0 Å². The summed E-state index contributed by atoms with van der Waals surface area (Å²) in [7, 11) is 1.63. The minimum Gasteiger partial charge on any atom is -0.497 e. The zero-order valence-corrected chi connectivity index (χ0v) is 19.7. The lowest BCUT2D eigenvalue weighted by Gasteiger charge is -2.38. The van der Waals surface area contributed by atoms with Crippen LogP contribution in [-0.4, -0.2) is 52.8 Å². The number of benzene rings is 1. The molecular weight excluding hydrogens is 432 g/mol. The van der Waals surface area contributed by atoms with E-state index >= 15 is 0 Å². The topological polar surface area (TPSA) is 96.0 Å². The van der Waals surface area contributed by atoms with E-state index in [1.54, 1.807) is 25.8 Å². The number of hydrogen-bond acceptors (Lipinski definition) is 6. The van der Waals surface area contributed by atoms with Gasteiger partial charge in [0.05, 0.1) is 31.3 Å². The highest BCUT2D eigenvalue weighted by molar-refractivity contribution is 5.83. The normalized spacial score (nSPS) is 19.8. The number of aliphatic carboxylic acids is 1. The molecule has 34 heavy (non-hydrogen) atoms. The molecule has 0 unspecified atom stereocenters. The van der Waals surface area contributed by atoms with Gasteiger partial charge >= 0.3 is 5.97 Å². The second-order valence-electron chi connectivity index (χ2n) is 9.32. The van der Waals surface area contributed by atoms with Gasteiger partial charge in [0.15, 0.2) is 0 Å². The van der Waals surface area contributed by atoms with E-state index in [0.29, 0.717) is 12.3 Å². The summed E-state index contributed by atoms with van der Waals surface area (Å²) in [5.74, 6) is 0.374. The average Bonchev–Trinajstić information content (AvgIpc) is 3.36. The molecule has 2 N–H and O–H groups in total. The number of rotatable bonds is 11. The third kappa shape index (κ3) is 6.15. The molecule has 1 fully saturated rings.